The van der Waals surface area contributed by atoms with E-state index in [9.17, 15) is 9.18 Å². The Labute approximate surface area is 131 Å². The summed E-state index contributed by atoms with van der Waals surface area (Å²) < 4.78 is 13.5. The number of rotatable bonds is 6. The number of hydrogen-bond donors (Lipinski definition) is 0. The van der Waals surface area contributed by atoms with Crippen LogP contribution in [0.15, 0.2) is 29.2 Å². The van der Waals surface area contributed by atoms with Crippen LogP contribution in [0.3, 0.4) is 0 Å². The van der Waals surface area contributed by atoms with Crippen LogP contribution >= 0.6 is 11.8 Å². The van der Waals surface area contributed by atoms with Gasteiger partial charge in [-0.25, -0.2) is 4.39 Å². The first-order chi connectivity index (χ1) is 10.1. The number of nitrogens with zero attached hydrogens (tertiary/aromatic N) is 1. The lowest BCUT2D eigenvalue weighted by Crippen LogP contribution is -2.43. The van der Waals surface area contributed by atoms with Gasteiger partial charge < -0.3 is 4.90 Å². The minimum atomic E-state index is -0.202. The minimum Gasteiger partial charge on any atom is -0.337 e. The van der Waals surface area contributed by atoms with Crippen LogP contribution in [0.25, 0.3) is 0 Å². The summed E-state index contributed by atoms with van der Waals surface area (Å²) in [7, 11) is 0. The van der Waals surface area contributed by atoms with Crippen LogP contribution in [0, 0.1) is 5.82 Å². The molecule has 1 aliphatic carbocycles. The molecule has 0 radical (unpaired) electrons. The van der Waals surface area contributed by atoms with Crippen molar-refractivity contribution in [2.75, 3.05) is 5.75 Å². The summed E-state index contributed by atoms with van der Waals surface area (Å²) in [5.41, 5.74) is 0. The molecule has 1 amide bonds. The van der Waals surface area contributed by atoms with Crippen LogP contribution < -0.4 is 0 Å². The van der Waals surface area contributed by atoms with Crippen molar-refractivity contribution in [2.45, 2.75) is 62.9 Å². The van der Waals surface area contributed by atoms with Gasteiger partial charge in [-0.05, 0) is 38.8 Å². The Hall–Kier alpha value is -1.03. The molecule has 2 nitrogen and oxygen atoms in total. The number of carbonyl (C=O) groups excluding carboxylic acids is 1. The number of hydrogen-bond acceptors (Lipinski definition) is 2. The van der Waals surface area contributed by atoms with Gasteiger partial charge in [-0.3, -0.25) is 4.79 Å². The topological polar surface area (TPSA) is 20.3 Å². The Balaban J connectivity index is 1.86. The third kappa shape index (κ3) is 4.47. The van der Waals surface area contributed by atoms with Crippen molar-refractivity contribution in [1.82, 2.24) is 4.90 Å². The highest BCUT2D eigenvalue weighted by molar-refractivity contribution is 7.99. The number of benzene rings is 1. The fourth-order valence-corrected chi connectivity index (χ4v) is 3.91. The predicted octanol–water partition coefficient (Wildman–Crippen LogP) is 4.49. The van der Waals surface area contributed by atoms with Crippen molar-refractivity contribution in [2.24, 2.45) is 0 Å². The molecule has 0 spiro atoms. The second-order valence-corrected chi connectivity index (χ2v) is 7.00. The lowest BCUT2D eigenvalue weighted by atomic mass is 10.1. The average molecular weight is 309 g/mol. The third-order valence-electron chi connectivity index (χ3n) is 3.97. The van der Waals surface area contributed by atoms with Gasteiger partial charge in [0.05, 0.1) is 0 Å². The van der Waals surface area contributed by atoms with Gasteiger partial charge in [-0.2, -0.15) is 0 Å². The maximum Gasteiger partial charge on any atom is 0.223 e. The fourth-order valence-electron chi connectivity index (χ4n) is 3.03. The second-order valence-electron chi connectivity index (χ2n) is 5.86. The average Bonchev–Trinajstić information content (AvgIpc) is 2.94. The van der Waals surface area contributed by atoms with Gasteiger partial charge in [0.2, 0.25) is 5.91 Å². The largest absolute Gasteiger partial charge is 0.337 e. The molecular weight excluding hydrogens is 285 g/mol. The molecule has 116 valence electrons. The number of carbonyl (C=O) groups is 1. The first-order valence-electron chi connectivity index (χ1n) is 7.78. The van der Waals surface area contributed by atoms with Crippen molar-refractivity contribution in [3.05, 3.63) is 30.1 Å². The standard InChI is InChI=1S/C17H24FNOS/c1-13(2)19(14-7-3-4-8-14)17(20)11-12-21-16-10-6-5-9-15(16)18/h5-6,9-10,13-14H,3-4,7-8,11-12H2,1-2H3. The van der Waals surface area contributed by atoms with E-state index < -0.39 is 0 Å². The van der Waals surface area contributed by atoms with E-state index in [0.29, 0.717) is 23.1 Å². The van der Waals surface area contributed by atoms with Gasteiger partial charge in [0, 0.05) is 29.2 Å². The van der Waals surface area contributed by atoms with Gasteiger partial charge >= 0.3 is 0 Å². The zero-order valence-corrected chi connectivity index (χ0v) is 13.7. The number of amides is 1. The summed E-state index contributed by atoms with van der Waals surface area (Å²) >= 11 is 1.42. The highest BCUT2D eigenvalue weighted by atomic mass is 32.2. The molecule has 1 aromatic rings. The van der Waals surface area contributed by atoms with E-state index in [0.717, 1.165) is 12.8 Å². The molecule has 21 heavy (non-hydrogen) atoms. The van der Waals surface area contributed by atoms with Crippen LogP contribution in [-0.4, -0.2) is 28.6 Å². The Morgan fingerprint density at radius 3 is 2.62 bits per heavy atom. The van der Waals surface area contributed by atoms with E-state index in [1.54, 1.807) is 12.1 Å². The molecule has 0 aromatic heterocycles. The summed E-state index contributed by atoms with van der Waals surface area (Å²) in [4.78, 5) is 15.1. The number of halogens is 1. The Morgan fingerprint density at radius 2 is 2.00 bits per heavy atom. The van der Waals surface area contributed by atoms with Crippen LogP contribution in [-0.2, 0) is 4.79 Å². The molecule has 0 unspecified atom stereocenters. The van der Waals surface area contributed by atoms with Crippen LogP contribution in [0.2, 0.25) is 0 Å². The molecule has 0 aliphatic heterocycles. The van der Waals surface area contributed by atoms with Gasteiger partial charge in [-0.15, -0.1) is 11.8 Å². The monoisotopic (exact) mass is 309 g/mol. The highest BCUT2D eigenvalue weighted by Crippen LogP contribution is 2.27. The van der Waals surface area contributed by atoms with E-state index in [1.807, 2.05) is 6.07 Å². The maximum atomic E-state index is 13.5. The third-order valence-corrected chi connectivity index (χ3v) is 5.02. The first-order valence-corrected chi connectivity index (χ1v) is 8.76. The molecule has 0 saturated heterocycles. The SMILES string of the molecule is CC(C)N(C(=O)CCSc1ccccc1F)C1CCCC1. The lowest BCUT2D eigenvalue weighted by molar-refractivity contribution is -0.134. The molecule has 1 saturated carbocycles. The molecule has 2 rings (SSSR count). The normalized spacial score (nSPS) is 15.6. The van der Waals surface area contributed by atoms with Gasteiger partial charge in [0.1, 0.15) is 5.82 Å². The fraction of sp³-hybridized carbons (Fsp3) is 0.588. The quantitative estimate of drug-likeness (QED) is 0.722. The van der Waals surface area contributed by atoms with Crippen molar-refractivity contribution in [3.8, 4) is 0 Å². The zero-order chi connectivity index (χ0) is 15.2. The van der Waals surface area contributed by atoms with Crippen molar-refractivity contribution >= 4 is 17.7 Å². The van der Waals surface area contributed by atoms with Crippen LogP contribution in [0.4, 0.5) is 4.39 Å². The maximum absolute atomic E-state index is 13.5. The van der Waals surface area contributed by atoms with Crippen molar-refractivity contribution in [1.29, 1.82) is 0 Å². The van der Waals surface area contributed by atoms with Crippen molar-refractivity contribution < 1.29 is 9.18 Å². The molecule has 1 aromatic carbocycles. The summed E-state index contributed by atoms with van der Waals surface area (Å²) in [5, 5.41) is 0. The molecular formula is C17H24FNOS. The van der Waals surface area contributed by atoms with E-state index in [2.05, 4.69) is 18.7 Å². The number of thioether (sulfide) groups is 1. The van der Waals surface area contributed by atoms with Crippen LogP contribution in [0.5, 0.6) is 0 Å². The Bertz CT molecular complexity index is 472. The van der Waals surface area contributed by atoms with E-state index >= 15 is 0 Å². The predicted molar refractivity (Wildman–Crippen MR) is 86.0 cm³/mol. The molecule has 0 heterocycles. The van der Waals surface area contributed by atoms with Crippen LogP contribution in [0.1, 0.15) is 46.0 Å². The second kappa shape index (κ2) is 7.83. The molecule has 0 atom stereocenters. The Morgan fingerprint density at radius 1 is 1.33 bits per heavy atom. The first kappa shape index (κ1) is 16.3. The van der Waals surface area contributed by atoms with E-state index in [-0.39, 0.29) is 17.8 Å². The Kier molecular flexibility index (Phi) is 6.09. The van der Waals surface area contributed by atoms with Gasteiger partial charge in [0.25, 0.3) is 0 Å². The molecule has 0 bridgehead atoms. The summed E-state index contributed by atoms with van der Waals surface area (Å²) in [6, 6.07) is 7.40. The van der Waals surface area contributed by atoms with E-state index in [4.69, 9.17) is 0 Å². The summed E-state index contributed by atoms with van der Waals surface area (Å²) in [6.45, 7) is 4.17. The molecule has 0 N–H and O–H groups in total. The highest BCUT2D eigenvalue weighted by Gasteiger charge is 2.28. The zero-order valence-electron chi connectivity index (χ0n) is 12.8. The molecule has 4 heteroatoms. The van der Waals surface area contributed by atoms with Gasteiger partial charge in [0.15, 0.2) is 0 Å². The van der Waals surface area contributed by atoms with E-state index in [1.165, 1.54) is 30.7 Å². The lowest BCUT2D eigenvalue weighted by Gasteiger charge is -2.33. The molecule has 1 aliphatic rings. The summed E-state index contributed by atoms with van der Waals surface area (Å²) in [5.74, 6) is 0.641. The minimum absolute atomic E-state index is 0.202. The van der Waals surface area contributed by atoms with Gasteiger partial charge in [-0.1, -0.05) is 25.0 Å². The van der Waals surface area contributed by atoms with Crippen molar-refractivity contribution in [3.63, 3.8) is 0 Å². The molecule has 1 fully saturated rings. The smallest absolute Gasteiger partial charge is 0.223 e. The summed E-state index contributed by atoms with van der Waals surface area (Å²) in [6.07, 6.45) is 5.19.